The smallest absolute Gasteiger partial charge is 0.333 e. The van der Waals surface area contributed by atoms with Crippen molar-refractivity contribution < 1.29 is 28.9 Å². The molecule has 0 heterocycles. The van der Waals surface area contributed by atoms with Crippen LogP contribution in [0, 0.1) is 0 Å². The number of carbonyl (C=O) groups is 2. The van der Waals surface area contributed by atoms with Crippen LogP contribution in [-0.4, -0.2) is 42.3 Å². The summed E-state index contributed by atoms with van der Waals surface area (Å²) in [7, 11) is 1.39. The molecule has 0 saturated carbocycles. The van der Waals surface area contributed by atoms with Crippen molar-refractivity contribution in [2.45, 2.75) is 45.0 Å². The van der Waals surface area contributed by atoms with Crippen molar-refractivity contribution in [3.05, 3.63) is 95.6 Å². The van der Waals surface area contributed by atoms with Gasteiger partial charge in [0.1, 0.15) is 11.5 Å². The summed E-state index contributed by atoms with van der Waals surface area (Å²) < 4.78 is 17.0. The standard InChI is InChI=1S/C28H30O6/c1-19(33-24-13-9-21(10-14-24)18-26(32-3)28(30)31)17-20(2)34-25-15-11-23(12-16-25)27(29)22-7-5-4-6-8-22/h4-16,19-20,26H,17-18H2,1-3H3,(H,30,31)/t19-,20-,26-/m0/s1. The van der Waals surface area contributed by atoms with Gasteiger partial charge in [0.25, 0.3) is 0 Å². The average Bonchev–Trinajstić information content (AvgIpc) is 2.83. The Labute approximate surface area is 200 Å². The molecule has 0 aromatic heterocycles. The lowest BCUT2D eigenvalue weighted by molar-refractivity contribution is -0.148. The minimum atomic E-state index is -0.983. The van der Waals surface area contributed by atoms with Gasteiger partial charge in [0.15, 0.2) is 11.9 Å². The lowest BCUT2D eigenvalue weighted by Gasteiger charge is -2.20. The van der Waals surface area contributed by atoms with Gasteiger partial charge in [-0.25, -0.2) is 4.79 Å². The van der Waals surface area contributed by atoms with Gasteiger partial charge in [0.05, 0.1) is 12.2 Å². The van der Waals surface area contributed by atoms with Gasteiger partial charge in [0, 0.05) is 31.1 Å². The fraction of sp³-hybridized carbons (Fsp3) is 0.286. The zero-order valence-electron chi connectivity index (χ0n) is 19.6. The SMILES string of the molecule is CO[C@@H](Cc1ccc(O[C@@H](C)C[C@H](C)Oc2ccc(C(=O)c3ccccc3)cc2)cc1)C(=O)O. The van der Waals surface area contributed by atoms with Gasteiger partial charge in [-0.3, -0.25) is 4.79 Å². The van der Waals surface area contributed by atoms with Crippen LogP contribution in [0.2, 0.25) is 0 Å². The number of hydrogen-bond donors (Lipinski definition) is 1. The second kappa shape index (κ2) is 12.0. The van der Waals surface area contributed by atoms with E-state index in [-0.39, 0.29) is 18.0 Å². The maximum absolute atomic E-state index is 12.5. The van der Waals surface area contributed by atoms with Crippen LogP contribution in [0.4, 0.5) is 0 Å². The van der Waals surface area contributed by atoms with Crippen molar-refractivity contribution in [2.75, 3.05) is 7.11 Å². The number of benzene rings is 3. The molecule has 34 heavy (non-hydrogen) atoms. The zero-order chi connectivity index (χ0) is 24.5. The predicted octanol–water partition coefficient (Wildman–Crippen LogP) is 5.18. The first kappa shape index (κ1) is 25.0. The number of hydrogen-bond acceptors (Lipinski definition) is 5. The van der Waals surface area contributed by atoms with Gasteiger partial charge >= 0.3 is 5.97 Å². The third kappa shape index (κ3) is 7.18. The molecule has 0 saturated heterocycles. The van der Waals surface area contributed by atoms with Crippen LogP contribution in [-0.2, 0) is 16.0 Å². The molecular weight excluding hydrogens is 432 g/mol. The van der Waals surface area contributed by atoms with Gasteiger partial charge in [-0.15, -0.1) is 0 Å². The molecule has 0 aliphatic carbocycles. The Hall–Kier alpha value is -3.64. The summed E-state index contributed by atoms with van der Waals surface area (Å²) in [5, 5.41) is 9.11. The molecule has 3 atom stereocenters. The Morgan fingerprint density at radius 3 is 1.76 bits per heavy atom. The van der Waals surface area contributed by atoms with Gasteiger partial charge in [0.2, 0.25) is 0 Å². The molecule has 0 aliphatic rings. The summed E-state index contributed by atoms with van der Waals surface area (Å²) in [5.41, 5.74) is 2.13. The zero-order valence-corrected chi connectivity index (χ0v) is 19.6. The minimum absolute atomic E-state index is 0.0195. The summed E-state index contributed by atoms with van der Waals surface area (Å²) in [5.74, 6) is 0.396. The average molecular weight is 463 g/mol. The molecule has 0 amide bonds. The number of ketones is 1. The summed E-state index contributed by atoms with van der Waals surface area (Å²) in [4.78, 5) is 23.6. The molecule has 0 fully saturated rings. The first-order valence-electron chi connectivity index (χ1n) is 11.2. The Bertz CT molecular complexity index is 1060. The molecule has 178 valence electrons. The lowest BCUT2D eigenvalue weighted by atomic mass is 10.0. The highest BCUT2D eigenvalue weighted by Crippen LogP contribution is 2.20. The second-order valence-corrected chi connectivity index (χ2v) is 8.22. The monoisotopic (exact) mass is 462 g/mol. The Morgan fingerprint density at radius 2 is 1.26 bits per heavy atom. The van der Waals surface area contributed by atoms with E-state index < -0.39 is 12.1 Å². The highest BCUT2D eigenvalue weighted by molar-refractivity contribution is 6.08. The molecule has 0 bridgehead atoms. The highest BCUT2D eigenvalue weighted by Gasteiger charge is 2.17. The molecular formula is C28H30O6. The molecule has 0 aliphatic heterocycles. The fourth-order valence-corrected chi connectivity index (χ4v) is 3.66. The quantitative estimate of drug-likeness (QED) is 0.373. The number of ether oxygens (including phenoxy) is 3. The number of methoxy groups -OCH3 is 1. The highest BCUT2D eigenvalue weighted by atomic mass is 16.5. The minimum Gasteiger partial charge on any atom is -0.491 e. The topological polar surface area (TPSA) is 82.1 Å². The Balaban J connectivity index is 1.48. The molecule has 0 spiro atoms. The molecule has 0 radical (unpaired) electrons. The predicted molar refractivity (Wildman–Crippen MR) is 130 cm³/mol. The first-order chi connectivity index (χ1) is 16.4. The van der Waals surface area contributed by atoms with Crippen molar-refractivity contribution in [1.82, 2.24) is 0 Å². The number of rotatable bonds is 12. The van der Waals surface area contributed by atoms with E-state index in [1.807, 2.05) is 56.3 Å². The van der Waals surface area contributed by atoms with Gasteiger partial charge in [-0.05, 0) is 55.8 Å². The Morgan fingerprint density at radius 1 is 0.765 bits per heavy atom. The van der Waals surface area contributed by atoms with Crippen LogP contribution >= 0.6 is 0 Å². The van der Waals surface area contributed by atoms with E-state index in [9.17, 15) is 9.59 Å². The van der Waals surface area contributed by atoms with Crippen LogP contribution in [0.15, 0.2) is 78.9 Å². The second-order valence-electron chi connectivity index (χ2n) is 8.22. The van der Waals surface area contributed by atoms with Crippen molar-refractivity contribution in [1.29, 1.82) is 0 Å². The van der Waals surface area contributed by atoms with E-state index in [4.69, 9.17) is 19.3 Å². The van der Waals surface area contributed by atoms with E-state index >= 15 is 0 Å². The van der Waals surface area contributed by atoms with Gasteiger partial charge < -0.3 is 19.3 Å². The van der Waals surface area contributed by atoms with Crippen molar-refractivity contribution >= 4 is 11.8 Å². The molecule has 3 rings (SSSR count). The molecule has 6 nitrogen and oxygen atoms in total. The first-order valence-corrected chi connectivity index (χ1v) is 11.2. The maximum atomic E-state index is 12.5. The molecule has 6 heteroatoms. The fourth-order valence-electron chi connectivity index (χ4n) is 3.66. The van der Waals surface area contributed by atoms with Gasteiger partial charge in [-0.1, -0.05) is 42.5 Å². The van der Waals surface area contributed by atoms with E-state index in [2.05, 4.69) is 0 Å². The maximum Gasteiger partial charge on any atom is 0.333 e. The lowest BCUT2D eigenvalue weighted by Crippen LogP contribution is -2.24. The summed E-state index contributed by atoms with van der Waals surface area (Å²) in [6.45, 7) is 3.95. The van der Waals surface area contributed by atoms with E-state index in [0.29, 0.717) is 35.5 Å². The van der Waals surface area contributed by atoms with Crippen LogP contribution in [0.25, 0.3) is 0 Å². The number of aliphatic carboxylic acids is 1. The van der Waals surface area contributed by atoms with Crippen LogP contribution < -0.4 is 9.47 Å². The largest absolute Gasteiger partial charge is 0.491 e. The van der Waals surface area contributed by atoms with Crippen LogP contribution in [0.5, 0.6) is 11.5 Å². The number of carboxylic acids is 1. The number of carbonyl (C=O) groups excluding carboxylic acids is 1. The molecule has 0 unspecified atom stereocenters. The third-order valence-corrected chi connectivity index (χ3v) is 5.40. The summed E-state index contributed by atoms with van der Waals surface area (Å²) >= 11 is 0. The van der Waals surface area contributed by atoms with Crippen molar-refractivity contribution in [3.8, 4) is 11.5 Å². The Kier molecular flexibility index (Phi) is 8.82. The van der Waals surface area contributed by atoms with Crippen molar-refractivity contribution in [3.63, 3.8) is 0 Å². The summed E-state index contributed by atoms with van der Waals surface area (Å²) in [6.07, 6.45) is -0.0952. The summed E-state index contributed by atoms with van der Waals surface area (Å²) in [6, 6.07) is 23.7. The van der Waals surface area contributed by atoms with Crippen molar-refractivity contribution in [2.24, 2.45) is 0 Å². The van der Waals surface area contributed by atoms with Gasteiger partial charge in [-0.2, -0.15) is 0 Å². The van der Waals surface area contributed by atoms with E-state index in [0.717, 1.165) is 5.56 Å². The van der Waals surface area contributed by atoms with Crippen LogP contribution in [0.3, 0.4) is 0 Å². The molecule has 1 N–H and O–H groups in total. The third-order valence-electron chi connectivity index (χ3n) is 5.40. The van der Waals surface area contributed by atoms with E-state index in [1.165, 1.54) is 7.11 Å². The number of carboxylic acid groups (broad SMARTS) is 1. The molecule has 3 aromatic carbocycles. The van der Waals surface area contributed by atoms with Crippen LogP contribution in [0.1, 0.15) is 41.8 Å². The normalized spacial score (nSPS) is 13.5. The van der Waals surface area contributed by atoms with E-state index in [1.54, 1.807) is 36.4 Å². The molecule has 3 aromatic rings.